The third-order valence-corrected chi connectivity index (χ3v) is 9.12. The first-order valence-corrected chi connectivity index (χ1v) is 15.1. The Morgan fingerprint density at radius 2 is 1.98 bits per heavy atom. The van der Waals surface area contributed by atoms with Crippen LogP contribution < -0.4 is 19.7 Å². The highest BCUT2D eigenvalue weighted by Gasteiger charge is 2.62. The van der Waals surface area contributed by atoms with Gasteiger partial charge in [0, 0.05) is 55.1 Å². The van der Waals surface area contributed by atoms with E-state index in [2.05, 4.69) is 39.0 Å². The van der Waals surface area contributed by atoms with Crippen LogP contribution in [0.1, 0.15) is 62.7 Å². The van der Waals surface area contributed by atoms with Gasteiger partial charge in [-0.2, -0.15) is 18.3 Å². The second-order valence-electron chi connectivity index (χ2n) is 12.0. The average molecular weight is 605 g/mol. The smallest absolute Gasteiger partial charge is 0.394 e. The van der Waals surface area contributed by atoms with E-state index >= 15 is 0 Å². The predicted octanol–water partition coefficient (Wildman–Crippen LogP) is 4.75. The molecule has 2 aliphatic heterocycles. The Kier molecular flexibility index (Phi) is 7.62. The minimum absolute atomic E-state index is 0.0628. The Morgan fingerprint density at radius 3 is 2.76 bits per heavy atom. The number of hydrogen-bond acceptors (Lipinski definition) is 8. The summed E-state index contributed by atoms with van der Waals surface area (Å²) < 4.78 is 51.6. The number of fused-ring (bicyclic) bond motifs is 6. The molecule has 1 amide bonds. The summed E-state index contributed by atoms with van der Waals surface area (Å²) in [4.78, 5) is 20.5. The fourth-order valence-electron chi connectivity index (χ4n) is 5.85. The summed E-state index contributed by atoms with van der Waals surface area (Å²) in [6, 6.07) is 7.23. The summed E-state index contributed by atoms with van der Waals surface area (Å²) in [6.07, 6.45) is 2.02. The van der Waals surface area contributed by atoms with Crippen molar-refractivity contribution in [2.45, 2.75) is 81.7 Å². The number of amides is 1. The molecule has 0 radical (unpaired) electrons. The zero-order valence-corrected chi connectivity index (χ0v) is 24.5. The highest BCUT2D eigenvalue weighted by Crippen LogP contribution is 2.60. The quantitative estimate of drug-likeness (QED) is 0.307. The van der Waals surface area contributed by atoms with Gasteiger partial charge in [-0.15, -0.1) is 5.10 Å². The molecule has 2 fully saturated rings. The van der Waals surface area contributed by atoms with Gasteiger partial charge in [0.1, 0.15) is 10.8 Å². The van der Waals surface area contributed by atoms with Crippen LogP contribution in [0.4, 0.5) is 19.0 Å². The van der Waals surface area contributed by atoms with Gasteiger partial charge in [0.2, 0.25) is 5.88 Å². The molecule has 4 bridgehead atoms. The molecular formula is C28H35F3N8O2S. The van der Waals surface area contributed by atoms with E-state index in [-0.39, 0.29) is 43.4 Å². The zero-order chi connectivity index (χ0) is 29.5. The van der Waals surface area contributed by atoms with E-state index in [9.17, 15) is 18.0 Å². The molecule has 42 heavy (non-hydrogen) atoms. The van der Waals surface area contributed by atoms with Crippen molar-refractivity contribution in [2.24, 2.45) is 5.41 Å². The maximum atomic E-state index is 13.4. The molecule has 10 nitrogen and oxygen atoms in total. The van der Waals surface area contributed by atoms with Crippen LogP contribution in [-0.4, -0.2) is 67.9 Å². The van der Waals surface area contributed by atoms with E-state index < -0.39 is 11.6 Å². The molecule has 14 heteroatoms. The van der Waals surface area contributed by atoms with Crippen LogP contribution in [0.2, 0.25) is 0 Å². The molecule has 226 valence electrons. The molecule has 1 atom stereocenters. The molecule has 2 N–H and O–H groups in total. The number of pyridine rings is 1. The van der Waals surface area contributed by atoms with Gasteiger partial charge in [-0.3, -0.25) is 14.2 Å². The number of rotatable bonds is 6. The van der Waals surface area contributed by atoms with E-state index in [1.165, 1.54) is 11.9 Å². The van der Waals surface area contributed by atoms with Crippen LogP contribution in [-0.2, 0) is 6.54 Å². The highest BCUT2D eigenvalue weighted by molar-refractivity contribution is 7.97. The largest absolute Gasteiger partial charge is 0.477 e. The van der Waals surface area contributed by atoms with Gasteiger partial charge in [-0.1, -0.05) is 0 Å². The number of carbonyl (C=O) groups excluding carboxylic acids is 1. The number of nitrogens with zero attached hydrogens (tertiary/aromatic N) is 6. The van der Waals surface area contributed by atoms with Gasteiger partial charge in [-0.25, -0.2) is 9.67 Å². The Balaban J connectivity index is 1.21. The van der Waals surface area contributed by atoms with E-state index in [1.807, 2.05) is 16.9 Å². The van der Waals surface area contributed by atoms with Crippen LogP contribution in [0.3, 0.4) is 0 Å². The van der Waals surface area contributed by atoms with Crippen LogP contribution in [0.25, 0.3) is 5.82 Å². The fourth-order valence-corrected chi connectivity index (χ4v) is 6.43. The Hall–Kier alpha value is -3.26. The third-order valence-electron chi connectivity index (χ3n) is 8.41. The van der Waals surface area contributed by atoms with Crippen molar-refractivity contribution in [1.82, 2.24) is 34.6 Å². The number of carbonyl (C=O) groups is 1. The minimum atomic E-state index is -4.16. The third kappa shape index (κ3) is 5.96. The topological polar surface area (TPSA) is 102 Å². The van der Waals surface area contributed by atoms with Crippen LogP contribution >= 0.6 is 11.9 Å². The molecule has 1 unspecified atom stereocenters. The van der Waals surface area contributed by atoms with Crippen molar-refractivity contribution in [3.63, 3.8) is 0 Å². The maximum Gasteiger partial charge on any atom is 0.394 e. The lowest BCUT2D eigenvalue weighted by atomic mass is 9.99. The van der Waals surface area contributed by atoms with Crippen molar-refractivity contribution in [2.75, 3.05) is 24.6 Å². The maximum absolute atomic E-state index is 13.4. The summed E-state index contributed by atoms with van der Waals surface area (Å²) in [5, 5.41) is 13.3. The molecule has 1 aliphatic carbocycles. The minimum Gasteiger partial charge on any atom is -0.477 e. The molecule has 0 spiro atoms. The van der Waals surface area contributed by atoms with Gasteiger partial charge < -0.3 is 15.0 Å². The highest BCUT2D eigenvalue weighted by atomic mass is 32.2. The Morgan fingerprint density at radius 1 is 1.14 bits per heavy atom. The second-order valence-corrected chi connectivity index (χ2v) is 12.8. The molecule has 1 saturated heterocycles. The van der Waals surface area contributed by atoms with Crippen LogP contribution in [0, 0.1) is 5.41 Å². The van der Waals surface area contributed by atoms with Gasteiger partial charge >= 0.3 is 6.18 Å². The van der Waals surface area contributed by atoms with Crippen LogP contribution in [0.15, 0.2) is 41.7 Å². The second kappa shape index (κ2) is 11.1. The fraction of sp³-hybridized carbons (Fsp3) is 0.571. The summed E-state index contributed by atoms with van der Waals surface area (Å²) in [5.41, 5.74) is -1.35. The molecule has 3 aromatic heterocycles. The number of aromatic nitrogens is 5. The van der Waals surface area contributed by atoms with E-state index in [0.717, 1.165) is 25.9 Å². The molecule has 6 rings (SSSR count). The molecular weight excluding hydrogens is 569 g/mol. The van der Waals surface area contributed by atoms with E-state index in [0.29, 0.717) is 41.1 Å². The molecule has 0 aromatic carbocycles. The lowest BCUT2D eigenvalue weighted by molar-refractivity contribution is -0.189. The zero-order valence-electron chi connectivity index (χ0n) is 23.7. The number of aryl methyl sites for hydroxylation is 1. The first kappa shape index (κ1) is 28.8. The summed E-state index contributed by atoms with van der Waals surface area (Å²) in [6.45, 7) is 6.78. The van der Waals surface area contributed by atoms with Crippen molar-refractivity contribution in [3.8, 4) is 11.7 Å². The number of ether oxygens (including phenoxy) is 1. The lowest BCUT2D eigenvalue weighted by Gasteiger charge is -2.33. The van der Waals surface area contributed by atoms with Gasteiger partial charge in [-0.05, 0) is 77.1 Å². The molecule has 3 aliphatic rings. The number of halogens is 3. The predicted molar refractivity (Wildman–Crippen MR) is 152 cm³/mol. The van der Waals surface area contributed by atoms with Crippen molar-refractivity contribution < 1.29 is 22.7 Å². The van der Waals surface area contributed by atoms with Crippen molar-refractivity contribution in [3.05, 3.63) is 42.2 Å². The summed E-state index contributed by atoms with van der Waals surface area (Å²) in [5.74, 6) is 1.09. The van der Waals surface area contributed by atoms with E-state index in [1.54, 1.807) is 29.1 Å². The normalized spacial score (nSPS) is 21.7. The summed E-state index contributed by atoms with van der Waals surface area (Å²) in [7, 11) is 0. The number of anilines is 1. The lowest BCUT2D eigenvalue weighted by Crippen LogP contribution is -2.40. The Bertz CT molecular complexity index is 1430. The average Bonchev–Trinajstić information content (AvgIpc) is 3.25. The first-order chi connectivity index (χ1) is 20.0. The molecule has 5 heterocycles. The van der Waals surface area contributed by atoms with Crippen LogP contribution in [0.5, 0.6) is 5.88 Å². The number of nitrogens with one attached hydrogen (secondary N) is 2. The monoisotopic (exact) mass is 604 g/mol. The number of hydrogen-bond donors (Lipinski definition) is 2. The SMILES string of the molecule is CC1(C)CC2CN1c1nc(-n3ccc(OCCCC4(C(F)(F)F)CC4)n3)ccc1C(=O)NSc1ccn(n1)CCCN2. The van der Waals surface area contributed by atoms with Crippen molar-refractivity contribution >= 4 is 23.7 Å². The first-order valence-electron chi connectivity index (χ1n) is 14.3. The van der Waals surface area contributed by atoms with Crippen molar-refractivity contribution in [1.29, 1.82) is 0 Å². The molecule has 1 saturated carbocycles. The Labute approximate surface area is 246 Å². The standard InChI is InChI=1S/C28H35F3N8O2S/c1-26(2)17-19-18-38(26)24-20(25(40)36-42-23-8-14-37(35-23)13-4-12-32-19)5-6-21(33-24)39-15-7-22(34-39)41-16-3-9-27(10-11-27)28(29,30)31/h5-8,14-15,19,32H,3-4,9-13,16-18H2,1-2H3,(H,36,40). The van der Waals surface area contributed by atoms with E-state index in [4.69, 9.17) is 9.72 Å². The number of alkyl halides is 3. The van der Waals surface area contributed by atoms with Gasteiger partial charge in [0.15, 0.2) is 5.82 Å². The van der Waals surface area contributed by atoms with Gasteiger partial charge in [0.25, 0.3) is 5.91 Å². The molecule has 3 aromatic rings. The summed E-state index contributed by atoms with van der Waals surface area (Å²) >= 11 is 1.17. The van der Waals surface area contributed by atoms with Gasteiger partial charge in [0.05, 0.1) is 17.6 Å².